The van der Waals surface area contributed by atoms with Crippen LogP contribution in [0.25, 0.3) is 0 Å². The average molecular weight is 483 g/mol. The van der Waals surface area contributed by atoms with E-state index < -0.39 is 23.0 Å². The molecule has 0 radical (unpaired) electrons. The maximum Gasteiger partial charge on any atom is 0.309 e. The Kier molecular flexibility index (Phi) is 7.26. The molecule has 9 unspecified atom stereocenters. The van der Waals surface area contributed by atoms with Gasteiger partial charge in [-0.1, -0.05) is 13.8 Å². The summed E-state index contributed by atoms with van der Waals surface area (Å²) in [6, 6.07) is 0. The number of carbonyl (C=O) groups excluding carboxylic acids is 1. The molecule has 1 N–H and O–H groups in total. The minimum absolute atomic E-state index is 0.0441. The molecule has 2 aliphatic heterocycles. The lowest BCUT2D eigenvalue weighted by atomic mass is 9.60. The first kappa shape index (κ1) is 27.4. The van der Waals surface area contributed by atoms with Crippen molar-refractivity contribution in [2.24, 2.45) is 35.5 Å². The molecule has 2 heterocycles. The number of likely N-dealkylation sites (tertiary alicyclic amines) is 2. The molecule has 0 bridgehead atoms. The predicted molar refractivity (Wildman–Crippen MR) is 130 cm³/mol. The van der Waals surface area contributed by atoms with E-state index in [0.717, 1.165) is 0 Å². The first-order chi connectivity index (χ1) is 15.4. The average Bonchev–Trinajstić information content (AvgIpc) is 2.73. The fourth-order valence-electron chi connectivity index (χ4n) is 6.86. The van der Waals surface area contributed by atoms with E-state index >= 15 is 0 Å². The normalized spacial score (nSPS) is 46.5. The summed E-state index contributed by atoms with van der Waals surface area (Å²) >= 11 is 0. The van der Waals surface area contributed by atoms with Gasteiger partial charge in [0.05, 0.1) is 50.1 Å². The molecule has 8 heteroatoms. The van der Waals surface area contributed by atoms with E-state index in [2.05, 4.69) is 6.92 Å². The molecular formula is C26H46N2O6. The van der Waals surface area contributed by atoms with E-state index in [1.165, 1.54) is 0 Å². The number of ether oxygens (including phenoxy) is 1. The van der Waals surface area contributed by atoms with Gasteiger partial charge in [0, 0.05) is 24.7 Å². The van der Waals surface area contributed by atoms with Crippen LogP contribution >= 0.6 is 0 Å². The topological polar surface area (TPSA) is 110 Å². The Balaban J connectivity index is 1.83. The number of rotatable bonds is 4. The number of quaternary nitrogens is 2. The number of carboxylic acid groups (broad SMARTS) is 1. The molecule has 0 aromatic rings. The second-order valence-electron chi connectivity index (χ2n) is 12.9. The Morgan fingerprint density at radius 1 is 0.853 bits per heavy atom. The monoisotopic (exact) mass is 482 g/mol. The van der Waals surface area contributed by atoms with E-state index in [1.54, 1.807) is 14.1 Å². The number of hydrogen-bond donors (Lipinski definition) is 1. The van der Waals surface area contributed by atoms with Crippen LogP contribution in [0.5, 0.6) is 0 Å². The third kappa shape index (κ3) is 4.51. The maximum atomic E-state index is 13.6. The summed E-state index contributed by atoms with van der Waals surface area (Å²) in [5, 5.41) is 35.8. The zero-order chi connectivity index (χ0) is 25.9. The highest BCUT2D eigenvalue weighted by molar-refractivity contribution is 5.75. The number of esters is 1. The second kappa shape index (κ2) is 9.02. The Morgan fingerprint density at radius 2 is 1.38 bits per heavy atom. The molecule has 9 atom stereocenters. The molecule has 1 aliphatic carbocycles. The van der Waals surface area contributed by atoms with Crippen molar-refractivity contribution < 1.29 is 28.7 Å². The van der Waals surface area contributed by atoms with Gasteiger partial charge >= 0.3 is 11.9 Å². The fraction of sp³-hybridized carbons (Fsp3) is 0.923. The van der Waals surface area contributed by atoms with Gasteiger partial charge in [0.1, 0.15) is 6.10 Å². The molecule has 0 amide bonds. The van der Waals surface area contributed by atoms with Gasteiger partial charge in [0.15, 0.2) is 0 Å². The van der Waals surface area contributed by atoms with Gasteiger partial charge in [0.25, 0.3) is 0 Å². The number of piperidine rings is 2. The molecule has 196 valence electrons. The summed E-state index contributed by atoms with van der Waals surface area (Å²) in [6.45, 7) is 12.8. The number of aliphatic carboxylic acids is 1. The smallest absolute Gasteiger partial charge is 0.309 e. The lowest BCUT2D eigenvalue weighted by Gasteiger charge is -2.61. The Hall–Kier alpha value is -1.22. The second-order valence-corrected chi connectivity index (χ2v) is 12.9. The van der Waals surface area contributed by atoms with Crippen LogP contribution in [0, 0.1) is 45.9 Å². The molecule has 0 spiro atoms. The Labute approximate surface area is 205 Å². The van der Waals surface area contributed by atoms with Gasteiger partial charge in [0.2, 0.25) is 0 Å². The van der Waals surface area contributed by atoms with Gasteiger partial charge < -0.3 is 29.6 Å². The molecule has 0 aromatic carbocycles. The van der Waals surface area contributed by atoms with Crippen LogP contribution < -0.4 is 0 Å². The van der Waals surface area contributed by atoms with Gasteiger partial charge in [-0.2, -0.15) is 0 Å². The molecule has 3 fully saturated rings. The lowest BCUT2D eigenvalue weighted by molar-refractivity contribution is -0.922. The van der Waals surface area contributed by atoms with Crippen molar-refractivity contribution in [3.05, 3.63) is 10.4 Å². The van der Waals surface area contributed by atoms with Crippen molar-refractivity contribution in [3.63, 3.8) is 0 Å². The van der Waals surface area contributed by atoms with E-state index in [9.17, 15) is 25.1 Å². The summed E-state index contributed by atoms with van der Waals surface area (Å²) in [5.74, 6) is -1.97. The van der Waals surface area contributed by atoms with Crippen LogP contribution in [-0.2, 0) is 14.3 Å². The van der Waals surface area contributed by atoms with Crippen LogP contribution in [0.1, 0.15) is 73.6 Å². The van der Waals surface area contributed by atoms with Crippen LogP contribution in [0.3, 0.4) is 0 Å². The quantitative estimate of drug-likeness (QED) is 0.366. The van der Waals surface area contributed by atoms with Crippen molar-refractivity contribution in [1.29, 1.82) is 0 Å². The number of hydrogen-bond acceptors (Lipinski definition) is 5. The highest BCUT2D eigenvalue weighted by Crippen LogP contribution is 2.50. The summed E-state index contributed by atoms with van der Waals surface area (Å²) in [4.78, 5) is 25.5. The lowest BCUT2D eigenvalue weighted by Crippen LogP contribution is -2.65. The number of carboxylic acids is 1. The highest BCUT2D eigenvalue weighted by Gasteiger charge is 2.54. The largest absolute Gasteiger partial charge is 0.633 e. The number of nitrogens with zero attached hydrogens (tertiary/aromatic N) is 2. The predicted octanol–water partition coefficient (Wildman–Crippen LogP) is 4.16. The molecule has 34 heavy (non-hydrogen) atoms. The Morgan fingerprint density at radius 3 is 1.94 bits per heavy atom. The fourth-order valence-corrected chi connectivity index (χ4v) is 6.86. The highest BCUT2D eigenvalue weighted by atomic mass is 16.6. The summed E-state index contributed by atoms with van der Waals surface area (Å²) in [6.07, 6.45) is 2.31. The molecule has 0 aromatic heterocycles. The zero-order valence-electron chi connectivity index (χ0n) is 22.4. The van der Waals surface area contributed by atoms with E-state index in [-0.39, 0.29) is 51.0 Å². The SMILES string of the molecule is CC1C(OC(=O)C2CCC(C(=O)O)CC2C2CC[N+](C)([O-])C(C)(C)C2C)CC[N+](C)([O-])C1(C)C. The molecule has 3 aliphatic rings. The summed E-state index contributed by atoms with van der Waals surface area (Å²) in [5.41, 5.74) is -1.09. The molecule has 3 rings (SSSR count). The zero-order valence-corrected chi connectivity index (χ0v) is 22.4. The minimum atomic E-state index is -0.806. The molecule has 2 saturated heterocycles. The van der Waals surface area contributed by atoms with Crippen molar-refractivity contribution in [2.75, 3.05) is 27.2 Å². The van der Waals surface area contributed by atoms with Crippen LogP contribution in [0.15, 0.2) is 0 Å². The number of carbonyl (C=O) groups is 2. The standard InChI is InChI=1S/C26H46N2O6/c1-16-19(11-13-27(7,32)25(16,3)4)21-15-18(23(29)30)9-10-20(21)24(31)34-22-12-14-28(8,33)26(5,6)17(22)2/h16-22H,9-15H2,1-8H3,(H,29,30). The van der Waals surface area contributed by atoms with Crippen LogP contribution in [0.2, 0.25) is 0 Å². The van der Waals surface area contributed by atoms with Gasteiger partial charge in [-0.15, -0.1) is 0 Å². The first-order valence-electron chi connectivity index (χ1n) is 13.0. The third-order valence-corrected chi connectivity index (χ3v) is 11.0. The van der Waals surface area contributed by atoms with E-state index in [4.69, 9.17) is 4.74 Å². The van der Waals surface area contributed by atoms with Gasteiger partial charge in [-0.05, 0) is 58.8 Å². The summed E-state index contributed by atoms with van der Waals surface area (Å²) < 4.78 is 5.44. The van der Waals surface area contributed by atoms with Crippen molar-refractivity contribution in [3.8, 4) is 0 Å². The van der Waals surface area contributed by atoms with Crippen molar-refractivity contribution in [2.45, 2.75) is 90.8 Å². The van der Waals surface area contributed by atoms with Crippen molar-refractivity contribution in [1.82, 2.24) is 0 Å². The Bertz CT molecular complexity index is 792. The van der Waals surface area contributed by atoms with E-state index in [0.29, 0.717) is 45.2 Å². The molecule has 8 nitrogen and oxygen atoms in total. The molecule has 1 saturated carbocycles. The number of hydroxylamine groups is 6. The third-order valence-electron chi connectivity index (χ3n) is 11.0. The first-order valence-corrected chi connectivity index (χ1v) is 13.0. The maximum absolute atomic E-state index is 13.6. The molecular weight excluding hydrogens is 436 g/mol. The van der Waals surface area contributed by atoms with Crippen LogP contribution in [-0.4, -0.2) is 70.7 Å². The van der Waals surface area contributed by atoms with Gasteiger partial charge in [-0.3, -0.25) is 9.59 Å². The van der Waals surface area contributed by atoms with Crippen molar-refractivity contribution >= 4 is 11.9 Å². The minimum Gasteiger partial charge on any atom is -0.633 e. The van der Waals surface area contributed by atoms with E-state index in [1.807, 2.05) is 34.6 Å². The summed E-state index contributed by atoms with van der Waals surface area (Å²) in [7, 11) is 3.40. The van der Waals surface area contributed by atoms with Gasteiger partial charge in [-0.25, -0.2) is 0 Å². The van der Waals surface area contributed by atoms with Crippen LogP contribution in [0.4, 0.5) is 0 Å².